The Morgan fingerprint density at radius 2 is 2.33 bits per heavy atom. The minimum absolute atomic E-state index is 0.240. The average Bonchev–Trinajstić information content (AvgIpc) is 2.55. The van der Waals surface area contributed by atoms with Crippen molar-refractivity contribution in [1.82, 2.24) is 0 Å². The molecule has 0 aromatic carbocycles. The van der Waals surface area contributed by atoms with Gasteiger partial charge in [-0.3, -0.25) is 10.1 Å². The topological polar surface area (TPSA) is 82.6 Å². The summed E-state index contributed by atoms with van der Waals surface area (Å²) in [6, 6.07) is 1.39. The van der Waals surface area contributed by atoms with E-state index in [1.54, 1.807) is 6.92 Å². The molecule has 0 fully saturated rings. The van der Waals surface area contributed by atoms with Gasteiger partial charge < -0.3 is 9.15 Å². The van der Waals surface area contributed by atoms with Crippen molar-refractivity contribution >= 4 is 12.0 Å². The van der Waals surface area contributed by atoms with E-state index in [9.17, 15) is 14.9 Å². The highest BCUT2D eigenvalue weighted by Crippen LogP contribution is 2.16. The van der Waals surface area contributed by atoms with E-state index in [2.05, 4.69) is 4.74 Å². The first-order valence-corrected chi connectivity index (χ1v) is 4.05. The number of esters is 1. The first kappa shape index (κ1) is 11.0. The van der Waals surface area contributed by atoms with Crippen LogP contribution in [0.3, 0.4) is 0 Å². The lowest BCUT2D eigenvalue weighted by Gasteiger charge is -1.93. The third-order valence-electron chi connectivity index (χ3n) is 1.70. The smallest absolute Gasteiger partial charge is 0.341 e. The number of hydrogen-bond acceptors (Lipinski definition) is 5. The van der Waals surface area contributed by atoms with Crippen LogP contribution in [0.15, 0.2) is 16.7 Å². The molecule has 1 aromatic heterocycles. The summed E-state index contributed by atoms with van der Waals surface area (Å²) in [5, 5.41) is 10.0. The molecule has 0 atom stereocenters. The van der Waals surface area contributed by atoms with Crippen LogP contribution >= 0.6 is 0 Å². The molecule has 6 heteroatoms. The lowest BCUT2D eigenvalue weighted by atomic mass is 10.2. The lowest BCUT2D eigenvalue weighted by Crippen LogP contribution is -2.00. The predicted octanol–water partition coefficient (Wildman–Crippen LogP) is 1.62. The SMILES string of the molecule is COC(=O)c1cc(/C=C/[N+](=O)[O-])oc1C. The predicted molar refractivity (Wildman–Crippen MR) is 50.8 cm³/mol. The minimum Gasteiger partial charge on any atom is -0.465 e. The number of carbonyl (C=O) groups is 1. The zero-order chi connectivity index (χ0) is 11.4. The first-order valence-electron chi connectivity index (χ1n) is 4.05. The van der Waals surface area contributed by atoms with E-state index in [0.29, 0.717) is 5.76 Å². The van der Waals surface area contributed by atoms with Gasteiger partial charge >= 0.3 is 5.97 Å². The van der Waals surface area contributed by atoms with E-state index in [1.165, 1.54) is 19.3 Å². The van der Waals surface area contributed by atoms with Crippen molar-refractivity contribution in [2.24, 2.45) is 0 Å². The number of carbonyl (C=O) groups excluding carboxylic acids is 1. The summed E-state index contributed by atoms with van der Waals surface area (Å²) < 4.78 is 9.60. The second kappa shape index (κ2) is 4.41. The van der Waals surface area contributed by atoms with Crippen LogP contribution in [0.1, 0.15) is 21.9 Å². The summed E-state index contributed by atoms with van der Waals surface area (Å²) in [7, 11) is 1.25. The highest BCUT2D eigenvalue weighted by Gasteiger charge is 2.14. The zero-order valence-electron chi connectivity index (χ0n) is 8.22. The molecule has 0 saturated carbocycles. The molecule has 0 bridgehead atoms. The monoisotopic (exact) mass is 211 g/mol. The average molecular weight is 211 g/mol. The van der Waals surface area contributed by atoms with Crippen LogP contribution in [0, 0.1) is 17.0 Å². The number of nitrogens with zero attached hydrogens (tertiary/aromatic N) is 1. The summed E-state index contributed by atoms with van der Waals surface area (Å²) in [6.45, 7) is 1.58. The molecule has 0 unspecified atom stereocenters. The van der Waals surface area contributed by atoms with E-state index in [0.717, 1.165) is 6.20 Å². The number of ether oxygens (including phenoxy) is 1. The highest BCUT2D eigenvalue weighted by molar-refractivity contribution is 5.90. The third-order valence-corrected chi connectivity index (χ3v) is 1.70. The number of hydrogen-bond donors (Lipinski definition) is 0. The third kappa shape index (κ3) is 2.67. The Balaban J connectivity index is 2.95. The largest absolute Gasteiger partial charge is 0.465 e. The van der Waals surface area contributed by atoms with Gasteiger partial charge in [0.15, 0.2) is 0 Å². The number of methoxy groups -OCH3 is 1. The van der Waals surface area contributed by atoms with Gasteiger partial charge in [0.05, 0.1) is 18.1 Å². The van der Waals surface area contributed by atoms with Crippen molar-refractivity contribution in [3.8, 4) is 0 Å². The first-order chi connectivity index (χ1) is 7.04. The van der Waals surface area contributed by atoms with Gasteiger partial charge in [0.25, 0.3) is 0 Å². The van der Waals surface area contributed by atoms with Crippen molar-refractivity contribution in [3.05, 3.63) is 39.5 Å². The maximum atomic E-state index is 11.1. The molecule has 80 valence electrons. The number of aryl methyl sites for hydroxylation is 1. The zero-order valence-corrected chi connectivity index (χ0v) is 8.22. The molecule has 0 aliphatic heterocycles. The van der Waals surface area contributed by atoms with Gasteiger partial charge in [0.2, 0.25) is 6.20 Å². The molecule has 0 aliphatic carbocycles. The summed E-state index contributed by atoms with van der Waals surface area (Å²) in [5.74, 6) is 0.0754. The fourth-order valence-corrected chi connectivity index (χ4v) is 1.03. The summed E-state index contributed by atoms with van der Waals surface area (Å²) in [5.41, 5.74) is 0.264. The number of rotatable bonds is 3. The second-order valence-corrected chi connectivity index (χ2v) is 2.71. The summed E-state index contributed by atoms with van der Waals surface area (Å²) >= 11 is 0. The Hall–Kier alpha value is -2.11. The molecule has 1 aromatic rings. The van der Waals surface area contributed by atoms with Gasteiger partial charge in [0, 0.05) is 0 Å². The fourth-order valence-electron chi connectivity index (χ4n) is 1.03. The molecule has 1 rings (SSSR count). The lowest BCUT2D eigenvalue weighted by molar-refractivity contribution is -0.401. The molecule has 1 heterocycles. The van der Waals surface area contributed by atoms with Gasteiger partial charge in [-0.1, -0.05) is 0 Å². The quantitative estimate of drug-likeness (QED) is 0.431. The minimum atomic E-state index is -0.615. The normalized spacial score (nSPS) is 10.5. The van der Waals surface area contributed by atoms with Crippen LogP contribution in [0.5, 0.6) is 0 Å². The van der Waals surface area contributed by atoms with Crippen molar-refractivity contribution < 1.29 is 18.9 Å². The van der Waals surface area contributed by atoms with Crippen LogP contribution in [0.2, 0.25) is 0 Å². The van der Waals surface area contributed by atoms with Crippen LogP contribution in [-0.2, 0) is 4.74 Å². The van der Waals surface area contributed by atoms with Crippen molar-refractivity contribution in [2.75, 3.05) is 7.11 Å². The van der Waals surface area contributed by atoms with Crippen LogP contribution < -0.4 is 0 Å². The van der Waals surface area contributed by atoms with Gasteiger partial charge in [-0.2, -0.15) is 0 Å². The molecule has 0 N–H and O–H groups in total. The second-order valence-electron chi connectivity index (χ2n) is 2.71. The fraction of sp³-hybridized carbons (Fsp3) is 0.222. The van der Waals surface area contributed by atoms with Gasteiger partial charge in [-0.05, 0) is 13.0 Å². The Bertz CT molecular complexity index is 418. The summed E-state index contributed by atoms with van der Waals surface area (Å²) in [6.07, 6.45) is 1.90. The molecule has 0 aliphatic rings. The van der Waals surface area contributed by atoms with Crippen molar-refractivity contribution in [2.45, 2.75) is 6.92 Å². The van der Waals surface area contributed by atoms with E-state index in [4.69, 9.17) is 4.42 Å². The Labute approximate surface area is 85.3 Å². The Morgan fingerprint density at radius 3 is 2.87 bits per heavy atom. The van der Waals surface area contributed by atoms with Gasteiger partial charge in [-0.15, -0.1) is 0 Å². The molecule has 0 radical (unpaired) electrons. The van der Waals surface area contributed by atoms with Crippen LogP contribution in [0.4, 0.5) is 0 Å². The van der Waals surface area contributed by atoms with E-state index >= 15 is 0 Å². The number of nitro groups is 1. The van der Waals surface area contributed by atoms with E-state index < -0.39 is 10.9 Å². The number of furan rings is 1. The van der Waals surface area contributed by atoms with Crippen molar-refractivity contribution in [1.29, 1.82) is 0 Å². The molecular formula is C9H9NO5. The molecule has 15 heavy (non-hydrogen) atoms. The van der Waals surface area contributed by atoms with E-state index in [-0.39, 0.29) is 11.3 Å². The van der Waals surface area contributed by atoms with E-state index in [1.807, 2.05) is 0 Å². The van der Waals surface area contributed by atoms with Crippen LogP contribution in [-0.4, -0.2) is 18.0 Å². The highest BCUT2D eigenvalue weighted by atomic mass is 16.6. The van der Waals surface area contributed by atoms with Crippen LogP contribution in [0.25, 0.3) is 6.08 Å². The maximum absolute atomic E-state index is 11.1. The molecule has 6 nitrogen and oxygen atoms in total. The summed E-state index contributed by atoms with van der Waals surface area (Å²) in [4.78, 5) is 20.6. The van der Waals surface area contributed by atoms with Gasteiger partial charge in [0.1, 0.15) is 17.1 Å². The Kier molecular flexibility index (Phi) is 3.22. The standard InChI is InChI=1S/C9H9NO5/c1-6-8(9(11)14-2)5-7(15-6)3-4-10(12)13/h3-5H,1-2H3/b4-3+. The Morgan fingerprint density at radius 1 is 1.67 bits per heavy atom. The van der Waals surface area contributed by atoms with Crippen molar-refractivity contribution in [3.63, 3.8) is 0 Å². The molecule has 0 amide bonds. The molecule has 0 saturated heterocycles. The maximum Gasteiger partial charge on any atom is 0.341 e. The molecule has 0 spiro atoms. The molecular weight excluding hydrogens is 202 g/mol. The van der Waals surface area contributed by atoms with Gasteiger partial charge in [-0.25, -0.2) is 4.79 Å².